The standard InChI is InChI=1S/C20H22N6O/c1-16-14-24(12-13-26(16)18-6-8-21-9-7-18)20(27)19-5-3-2-4-17(19)15-25-11-10-22-23-25/h2-11,16H,12-15H2,1H3. The number of carbonyl (C=O) groups is 1. The fraction of sp³-hybridized carbons (Fsp3) is 0.300. The molecule has 7 heteroatoms. The minimum Gasteiger partial charge on any atom is -0.365 e. The summed E-state index contributed by atoms with van der Waals surface area (Å²) >= 11 is 0. The van der Waals surface area contributed by atoms with E-state index in [1.165, 1.54) is 0 Å². The predicted molar refractivity (Wildman–Crippen MR) is 103 cm³/mol. The zero-order valence-electron chi connectivity index (χ0n) is 15.3. The van der Waals surface area contributed by atoms with Crippen molar-refractivity contribution in [2.24, 2.45) is 0 Å². The summed E-state index contributed by atoms with van der Waals surface area (Å²) < 4.78 is 1.73. The zero-order valence-corrected chi connectivity index (χ0v) is 15.3. The van der Waals surface area contributed by atoms with Crippen LogP contribution in [0, 0.1) is 0 Å². The third kappa shape index (κ3) is 3.67. The van der Waals surface area contributed by atoms with Gasteiger partial charge in [-0.15, -0.1) is 5.10 Å². The third-order valence-corrected chi connectivity index (χ3v) is 4.96. The number of nitrogens with zero attached hydrogens (tertiary/aromatic N) is 6. The highest BCUT2D eigenvalue weighted by Crippen LogP contribution is 2.21. The van der Waals surface area contributed by atoms with Crippen LogP contribution in [-0.2, 0) is 6.54 Å². The van der Waals surface area contributed by atoms with Crippen LogP contribution in [0.15, 0.2) is 61.2 Å². The molecule has 0 N–H and O–H groups in total. The number of aromatic nitrogens is 4. The summed E-state index contributed by atoms with van der Waals surface area (Å²) in [6.07, 6.45) is 7.06. The molecule has 1 fully saturated rings. The number of hydrogen-bond acceptors (Lipinski definition) is 5. The summed E-state index contributed by atoms with van der Waals surface area (Å²) in [7, 11) is 0. The predicted octanol–water partition coefficient (Wildman–Crippen LogP) is 2.07. The molecule has 1 atom stereocenters. The number of anilines is 1. The lowest BCUT2D eigenvalue weighted by molar-refractivity contribution is 0.0725. The number of rotatable bonds is 4. The van der Waals surface area contributed by atoms with Crippen LogP contribution >= 0.6 is 0 Å². The number of amides is 1. The second kappa shape index (κ2) is 7.57. The average Bonchev–Trinajstić information content (AvgIpc) is 3.21. The molecule has 1 aliphatic rings. The molecule has 27 heavy (non-hydrogen) atoms. The van der Waals surface area contributed by atoms with Crippen molar-refractivity contribution in [1.29, 1.82) is 0 Å². The van der Waals surface area contributed by atoms with Crippen molar-refractivity contribution in [3.8, 4) is 0 Å². The van der Waals surface area contributed by atoms with Gasteiger partial charge in [-0.1, -0.05) is 23.4 Å². The van der Waals surface area contributed by atoms with Crippen molar-refractivity contribution in [2.75, 3.05) is 24.5 Å². The SMILES string of the molecule is CC1CN(C(=O)c2ccccc2Cn2ccnn2)CCN1c1ccncc1. The molecular formula is C20H22N6O. The van der Waals surface area contributed by atoms with Crippen LogP contribution in [0.25, 0.3) is 0 Å². The molecular weight excluding hydrogens is 340 g/mol. The minimum atomic E-state index is 0.0759. The number of piperazine rings is 1. The van der Waals surface area contributed by atoms with Gasteiger partial charge in [0.25, 0.3) is 5.91 Å². The second-order valence-corrected chi connectivity index (χ2v) is 6.76. The second-order valence-electron chi connectivity index (χ2n) is 6.76. The van der Waals surface area contributed by atoms with Crippen LogP contribution in [0.5, 0.6) is 0 Å². The van der Waals surface area contributed by atoms with E-state index in [9.17, 15) is 4.79 Å². The average molecular weight is 362 g/mol. The molecule has 0 saturated carbocycles. The van der Waals surface area contributed by atoms with Crippen LogP contribution in [0.1, 0.15) is 22.8 Å². The molecule has 1 saturated heterocycles. The zero-order chi connectivity index (χ0) is 18.6. The van der Waals surface area contributed by atoms with E-state index in [1.54, 1.807) is 29.5 Å². The van der Waals surface area contributed by atoms with Gasteiger partial charge >= 0.3 is 0 Å². The van der Waals surface area contributed by atoms with Crippen molar-refractivity contribution in [2.45, 2.75) is 19.5 Å². The normalized spacial score (nSPS) is 17.1. The van der Waals surface area contributed by atoms with Gasteiger partial charge in [-0.25, -0.2) is 4.68 Å². The van der Waals surface area contributed by atoms with E-state index in [-0.39, 0.29) is 11.9 Å². The Morgan fingerprint density at radius 2 is 1.93 bits per heavy atom. The Hall–Kier alpha value is -3.22. The lowest BCUT2D eigenvalue weighted by Gasteiger charge is -2.41. The summed E-state index contributed by atoms with van der Waals surface area (Å²) in [6, 6.07) is 12.0. The third-order valence-electron chi connectivity index (χ3n) is 4.96. The van der Waals surface area contributed by atoms with Crippen LogP contribution in [-0.4, -0.2) is 56.5 Å². The Kier molecular flexibility index (Phi) is 4.82. The largest absolute Gasteiger partial charge is 0.365 e. The van der Waals surface area contributed by atoms with Gasteiger partial charge in [0.2, 0.25) is 0 Å². The van der Waals surface area contributed by atoms with Gasteiger partial charge in [0.15, 0.2) is 0 Å². The molecule has 3 heterocycles. The van der Waals surface area contributed by atoms with Gasteiger partial charge in [-0.05, 0) is 30.7 Å². The Balaban J connectivity index is 1.50. The van der Waals surface area contributed by atoms with Crippen molar-refractivity contribution in [1.82, 2.24) is 24.9 Å². The number of carbonyl (C=O) groups excluding carboxylic acids is 1. The highest BCUT2D eigenvalue weighted by atomic mass is 16.2. The molecule has 1 unspecified atom stereocenters. The molecule has 0 radical (unpaired) electrons. The first-order valence-corrected chi connectivity index (χ1v) is 9.10. The van der Waals surface area contributed by atoms with E-state index in [0.717, 1.165) is 23.4 Å². The maximum atomic E-state index is 13.2. The van der Waals surface area contributed by atoms with E-state index in [0.29, 0.717) is 19.6 Å². The fourth-order valence-corrected chi connectivity index (χ4v) is 3.59. The fourth-order valence-electron chi connectivity index (χ4n) is 3.59. The first-order chi connectivity index (χ1) is 13.2. The van der Waals surface area contributed by atoms with Crippen LogP contribution in [0.3, 0.4) is 0 Å². The molecule has 0 spiro atoms. The monoisotopic (exact) mass is 362 g/mol. The molecule has 0 aliphatic carbocycles. The lowest BCUT2D eigenvalue weighted by atomic mass is 10.0. The molecule has 2 aromatic heterocycles. The van der Waals surface area contributed by atoms with E-state index in [4.69, 9.17) is 0 Å². The Morgan fingerprint density at radius 1 is 1.11 bits per heavy atom. The van der Waals surface area contributed by atoms with E-state index in [2.05, 4.69) is 27.1 Å². The number of benzene rings is 1. The molecule has 138 valence electrons. The maximum absolute atomic E-state index is 13.2. The van der Waals surface area contributed by atoms with E-state index in [1.807, 2.05) is 41.3 Å². The van der Waals surface area contributed by atoms with Crippen LogP contribution < -0.4 is 4.90 Å². The van der Waals surface area contributed by atoms with Gasteiger partial charge in [0.1, 0.15) is 0 Å². The smallest absolute Gasteiger partial charge is 0.254 e. The highest BCUT2D eigenvalue weighted by molar-refractivity contribution is 5.96. The van der Waals surface area contributed by atoms with Gasteiger partial charge in [0, 0.05) is 55.5 Å². The summed E-state index contributed by atoms with van der Waals surface area (Å²) in [6.45, 7) is 4.89. The Labute approximate surface area is 158 Å². The van der Waals surface area contributed by atoms with Gasteiger partial charge in [-0.2, -0.15) is 0 Å². The Bertz CT molecular complexity index is 896. The van der Waals surface area contributed by atoms with Gasteiger partial charge in [0.05, 0.1) is 12.7 Å². The Morgan fingerprint density at radius 3 is 2.67 bits per heavy atom. The van der Waals surface area contributed by atoms with E-state index >= 15 is 0 Å². The quantitative estimate of drug-likeness (QED) is 0.711. The summed E-state index contributed by atoms with van der Waals surface area (Å²) in [5.41, 5.74) is 2.84. The molecule has 3 aromatic rings. The van der Waals surface area contributed by atoms with Crippen LogP contribution in [0.2, 0.25) is 0 Å². The molecule has 1 amide bonds. The van der Waals surface area contributed by atoms with Crippen molar-refractivity contribution < 1.29 is 4.79 Å². The molecule has 7 nitrogen and oxygen atoms in total. The number of hydrogen-bond donors (Lipinski definition) is 0. The summed E-state index contributed by atoms with van der Waals surface area (Å²) in [5.74, 6) is 0.0759. The summed E-state index contributed by atoms with van der Waals surface area (Å²) in [4.78, 5) is 21.5. The van der Waals surface area contributed by atoms with Gasteiger partial charge in [-0.3, -0.25) is 9.78 Å². The van der Waals surface area contributed by atoms with Crippen LogP contribution in [0.4, 0.5) is 5.69 Å². The van der Waals surface area contributed by atoms with Crippen molar-refractivity contribution in [3.63, 3.8) is 0 Å². The number of pyridine rings is 1. The van der Waals surface area contributed by atoms with Gasteiger partial charge < -0.3 is 9.80 Å². The molecule has 1 aliphatic heterocycles. The minimum absolute atomic E-state index is 0.0759. The highest BCUT2D eigenvalue weighted by Gasteiger charge is 2.28. The lowest BCUT2D eigenvalue weighted by Crippen LogP contribution is -2.54. The van der Waals surface area contributed by atoms with E-state index < -0.39 is 0 Å². The molecule has 1 aromatic carbocycles. The first kappa shape index (κ1) is 17.2. The van der Waals surface area contributed by atoms with Crippen molar-refractivity contribution >= 4 is 11.6 Å². The summed E-state index contributed by atoms with van der Waals surface area (Å²) in [5, 5.41) is 7.85. The molecule has 0 bridgehead atoms. The first-order valence-electron chi connectivity index (χ1n) is 9.10. The topological polar surface area (TPSA) is 67.2 Å². The molecule has 4 rings (SSSR count). The van der Waals surface area contributed by atoms with Crippen molar-refractivity contribution in [3.05, 3.63) is 72.3 Å². The maximum Gasteiger partial charge on any atom is 0.254 e.